The van der Waals surface area contributed by atoms with Crippen LogP contribution in [0.5, 0.6) is 11.5 Å². The maximum absolute atomic E-state index is 15.2. The van der Waals surface area contributed by atoms with Crippen molar-refractivity contribution in [1.82, 2.24) is 10.1 Å². The van der Waals surface area contributed by atoms with Crippen LogP contribution in [0.15, 0.2) is 119 Å². The van der Waals surface area contributed by atoms with Crippen molar-refractivity contribution in [1.29, 1.82) is 0 Å². The van der Waals surface area contributed by atoms with Crippen LogP contribution in [-0.4, -0.2) is 45.7 Å². The predicted molar refractivity (Wildman–Crippen MR) is 210 cm³/mol. The van der Waals surface area contributed by atoms with E-state index in [9.17, 15) is 17.4 Å². The van der Waals surface area contributed by atoms with E-state index in [1.807, 2.05) is 13.8 Å². The Kier molecular flexibility index (Phi) is 13.9. The van der Waals surface area contributed by atoms with E-state index in [2.05, 4.69) is 14.9 Å². The molecule has 16 heteroatoms. The average Bonchev–Trinajstić information content (AvgIpc) is 3.71. The first-order chi connectivity index (χ1) is 26.9. The fraction of sp³-hybridized carbons (Fsp3) is 0.100. The zero-order valence-corrected chi connectivity index (χ0v) is 31.8. The van der Waals surface area contributed by atoms with E-state index in [1.54, 1.807) is 42.5 Å². The number of anilines is 1. The molecule has 1 atom stereocenters. The van der Waals surface area contributed by atoms with Gasteiger partial charge in [0.25, 0.3) is 0 Å². The molecule has 9 nitrogen and oxygen atoms in total. The second kappa shape index (κ2) is 18.7. The van der Waals surface area contributed by atoms with E-state index < -0.39 is 41.4 Å². The highest BCUT2D eigenvalue weighted by molar-refractivity contribution is 7.86. The van der Waals surface area contributed by atoms with E-state index in [0.29, 0.717) is 49.6 Å². The van der Waals surface area contributed by atoms with Crippen molar-refractivity contribution in [3.05, 3.63) is 138 Å². The van der Waals surface area contributed by atoms with Crippen molar-refractivity contribution in [2.75, 3.05) is 18.9 Å². The zero-order chi connectivity index (χ0) is 40.5. The minimum Gasteiger partial charge on any atom is -0.497 e. The number of benzene rings is 5. The molecule has 2 aromatic heterocycles. The summed E-state index contributed by atoms with van der Waals surface area (Å²) in [5.41, 5.74) is 1.70. The molecule has 56 heavy (non-hydrogen) atoms. The topological polar surface area (TPSA) is 127 Å². The van der Waals surface area contributed by atoms with Gasteiger partial charge < -0.3 is 24.0 Å². The molecule has 0 radical (unpaired) electrons. The largest absolute Gasteiger partial charge is 0.497 e. The molecule has 0 saturated heterocycles. The molecule has 5 aromatic carbocycles. The SMILES string of the molecule is CC.COc1cc(-c2cccc(F)c2)c(F)cc1-c1nc(Cl)cc2cc(S(=O)Nc3ccon3)ccc12.COc1cc(-c2cccc(F)c2)c(F)cc1B(O)O. The first-order valence-corrected chi connectivity index (χ1v) is 18.3. The molecule has 0 aliphatic rings. The van der Waals surface area contributed by atoms with Gasteiger partial charge in [0.2, 0.25) is 0 Å². The minimum absolute atomic E-state index is 0.0832. The summed E-state index contributed by atoms with van der Waals surface area (Å²) < 4.78 is 86.7. The highest BCUT2D eigenvalue weighted by atomic mass is 35.5. The summed E-state index contributed by atoms with van der Waals surface area (Å²) in [5, 5.41) is 23.4. The number of ether oxygens (including phenoxy) is 2. The molecule has 0 spiro atoms. The van der Waals surface area contributed by atoms with Crippen LogP contribution in [-0.2, 0) is 11.0 Å². The van der Waals surface area contributed by atoms with Gasteiger partial charge in [-0.2, -0.15) is 0 Å². The maximum atomic E-state index is 15.2. The highest BCUT2D eigenvalue weighted by Crippen LogP contribution is 2.39. The summed E-state index contributed by atoms with van der Waals surface area (Å²) >= 11 is 6.30. The van der Waals surface area contributed by atoms with E-state index in [1.165, 1.54) is 75.1 Å². The predicted octanol–water partition coefficient (Wildman–Crippen LogP) is 8.98. The van der Waals surface area contributed by atoms with E-state index in [0.717, 1.165) is 6.07 Å². The Labute approximate surface area is 327 Å². The molecule has 0 fully saturated rings. The Morgan fingerprint density at radius 3 is 1.91 bits per heavy atom. The van der Waals surface area contributed by atoms with Gasteiger partial charge in [0.05, 0.1) is 24.8 Å². The molecule has 2 heterocycles. The van der Waals surface area contributed by atoms with Crippen LogP contribution in [0.4, 0.5) is 23.4 Å². The second-order valence-electron chi connectivity index (χ2n) is 11.4. The van der Waals surface area contributed by atoms with Gasteiger partial charge in [-0.1, -0.05) is 60.9 Å². The summed E-state index contributed by atoms with van der Waals surface area (Å²) in [6.45, 7) is 4.00. The molecule has 1 unspecified atom stereocenters. The summed E-state index contributed by atoms with van der Waals surface area (Å²) in [6.07, 6.45) is 1.36. The number of hydrogen-bond acceptors (Lipinski definition) is 8. The molecule has 0 saturated carbocycles. The first-order valence-electron chi connectivity index (χ1n) is 16.8. The third kappa shape index (κ3) is 9.55. The second-order valence-corrected chi connectivity index (χ2v) is 13.0. The van der Waals surface area contributed by atoms with Crippen LogP contribution < -0.4 is 19.7 Å². The van der Waals surface area contributed by atoms with Crippen molar-refractivity contribution < 1.29 is 45.8 Å². The fourth-order valence-electron chi connectivity index (χ4n) is 5.55. The Balaban J connectivity index is 0.000000242. The van der Waals surface area contributed by atoms with E-state index >= 15 is 4.39 Å². The number of hydrogen-bond donors (Lipinski definition) is 3. The van der Waals surface area contributed by atoms with Crippen molar-refractivity contribution in [2.45, 2.75) is 18.7 Å². The number of aromatic nitrogens is 2. The van der Waals surface area contributed by atoms with Gasteiger partial charge >= 0.3 is 7.12 Å². The van der Waals surface area contributed by atoms with Gasteiger partial charge in [0, 0.05) is 33.6 Å². The third-order valence-corrected chi connectivity index (χ3v) is 9.30. The van der Waals surface area contributed by atoms with Crippen LogP contribution in [0.1, 0.15) is 13.8 Å². The van der Waals surface area contributed by atoms with E-state index in [-0.39, 0.29) is 27.5 Å². The monoisotopic (exact) mass is 805 g/mol. The molecule has 0 aliphatic carbocycles. The minimum atomic E-state index is -1.84. The number of nitrogens with one attached hydrogen (secondary N) is 1. The van der Waals surface area contributed by atoms with Gasteiger partial charge in [0.1, 0.15) is 46.2 Å². The molecule has 0 amide bonds. The van der Waals surface area contributed by atoms with Gasteiger partial charge in [-0.05, 0) is 83.2 Å². The zero-order valence-electron chi connectivity index (χ0n) is 30.2. The van der Waals surface area contributed by atoms with Gasteiger partial charge in [-0.3, -0.25) is 4.72 Å². The lowest BCUT2D eigenvalue weighted by molar-refractivity contribution is 0.402. The molecular formula is C40H33BClF4N3O6S. The normalized spacial score (nSPS) is 11.1. The third-order valence-electron chi connectivity index (χ3n) is 8.03. The number of fused-ring (bicyclic) bond motifs is 1. The number of rotatable bonds is 9. The molecule has 288 valence electrons. The first kappa shape index (κ1) is 41.4. The van der Waals surface area contributed by atoms with Crippen LogP contribution >= 0.6 is 11.6 Å². The van der Waals surface area contributed by atoms with Crippen LogP contribution in [0.25, 0.3) is 44.3 Å². The summed E-state index contributed by atoms with van der Waals surface area (Å²) in [5.74, 6) is -1.43. The Hall–Kier alpha value is -5.74. The van der Waals surface area contributed by atoms with Crippen molar-refractivity contribution in [2.24, 2.45) is 0 Å². The molecule has 0 aliphatic heterocycles. The Morgan fingerprint density at radius 1 is 0.750 bits per heavy atom. The van der Waals surface area contributed by atoms with Crippen molar-refractivity contribution in [3.8, 4) is 45.0 Å². The van der Waals surface area contributed by atoms with Crippen LogP contribution in [0.2, 0.25) is 5.15 Å². The molecular weight excluding hydrogens is 773 g/mol. The van der Waals surface area contributed by atoms with E-state index in [4.69, 9.17) is 35.6 Å². The van der Waals surface area contributed by atoms with Crippen LogP contribution in [0, 0.1) is 23.3 Å². The quantitative estimate of drug-likeness (QED) is 0.0750. The highest BCUT2D eigenvalue weighted by Gasteiger charge is 2.21. The number of nitrogens with zero attached hydrogens (tertiary/aromatic N) is 2. The number of methoxy groups -OCH3 is 2. The lowest BCUT2D eigenvalue weighted by Crippen LogP contribution is -2.31. The summed E-state index contributed by atoms with van der Waals surface area (Å²) in [7, 11) is -0.674. The molecule has 7 aromatic rings. The summed E-state index contributed by atoms with van der Waals surface area (Å²) in [4.78, 5) is 4.88. The lowest BCUT2D eigenvalue weighted by atomic mass is 9.78. The number of pyridine rings is 1. The summed E-state index contributed by atoms with van der Waals surface area (Å²) in [6, 6.07) is 24.4. The van der Waals surface area contributed by atoms with Gasteiger partial charge in [-0.25, -0.2) is 26.8 Å². The Morgan fingerprint density at radius 2 is 1.36 bits per heavy atom. The number of halogens is 5. The lowest BCUT2D eigenvalue weighted by Gasteiger charge is -2.14. The van der Waals surface area contributed by atoms with Crippen LogP contribution in [0.3, 0.4) is 0 Å². The van der Waals surface area contributed by atoms with Crippen molar-refractivity contribution in [3.63, 3.8) is 0 Å². The molecule has 0 bridgehead atoms. The Bertz CT molecular complexity index is 2490. The average molecular weight is 806 g/mol. The smallest absolute Gasteiger partial charge is 0.492 e. The van der Waals surface area contributed by atoms with Gasteiger partial charge in [0.15, 0.2) is 16.8 Å². The molecule has 7 rings (SSSR count). The maximum Gasteiger partial charge on any atom is 0.492 e. The standard InChI is InChI=1S/C25H16ClF2N3O3S.C13H11BF2O3.C2H6/c1-33-22-13-19(14-3-2-4-16(27)9-14)21(28)12-20(22)25-18-6-5-17(10-15(18)11-23(26)29-25)35(32)31-24-7-8-34-30-24;1-19-13-6-10(8-3-2-4-9(15)5-8)12(16)7-11(13)14(17)18;1-2/h2-13H,1H3,(H,30,31);2-7,17-18H,1H3;1-2H3. The van der Waals surface area contributed by atoms with Gasteiger partial charge in [-0.15, -0.1) is 0 Å². The van der Waals surface area contributed by atoms with Crippen molar-refractivity contribution >= 4 is 51.8 Å². The molecule has 3 N–H and O–H groups in total. The fourth-order valence-corrected chi connectivity index (χ4v) is 6.59.